The van der Waals surface area contributed by atoms with Gasteiger partial charge in [-0.25, -0.2) is 0 Å². The van der Waals surface area contributed by atoms with Crippen molar-refractivity contribution in [3.63, 3.8) is 0 Å². The number of nitrogens with zero attached hydrogens (tertiary/aromatic N) is 1. The molecule has 0 saturated heterocycles. The van der Waals surface area contributed by atoms with Gasteiger partial charge in [-0.05, 0) is 48.8 Å². The molecule has 114 valence electrons. The fraction of sp³-hybridized carbons (Fsp3) is 0.263. The van der Waals surface area contributed by atoms with Crippen LogP contribution in [0.15, 0.2) is 59.5 Å². The maximum Gasteiger partial charge on any atom is 0.0580 e. The van der Waals surface area contributed by atoms with E-state index < -0.39 is 10.8 Å². The van der Waals surface area contributed by atoms with Crippen LogP contribution in [0.1, 0.15) is 23.1 Å². The molecule has 0 amide bonds. The Balaban J connectivity index is 2.14. The van der Waals surface area contributed by atoms with E-state index in [1.807, 2.05) is 24.3 Å². The minimum atomic E-state index is -0.980. The highest BCUT2D eigenvalue weighted by molar-refractivity contribution is 7.84. The Bertz CT molecular complexity index is 734. The normalized spacial score (nSPS) is 18.9. The van der Waals surface area contributed by atoms with Gasteiger partial charge in [0.05, 0.1) is 16.6 Å². The Labute approximate surface area is 134 Å². The van der Waals surface area contributed by atoms with Crippen molar-refractivity contribution in [1.82, 2.24) is 4.90 Å². The maximum absolute atomic E-state index is 12.7. The second kappa shape index (κ2) is 6.59. The molecule has 0 bridgehead atoms. The molecule has 1 aliphatic heterocycles. The highest BCUT2D eigenvalue weighted by atomic mass is 32.2. The van der Waals surface area contributed by atoms with Crippen molar-refractivity contribution in [2.75, 3.05) is 20.6 Å². The molecule has 0 saturated carbocycles. The van der Waals surface area contributed by atoms with Gasteiger partial charge in [0.25, 0.3) is 0 Å². The molecular weight excluding hydrogens is 290 g/mol. The second-order valence-corrected chi connectivity index (χ2v) is 7.27. The summed E-state index contributed by atoms with van der Waals surface area (Å²) < 4.78 is 12.7. The second-order valence-electron chi connectivity index (χ2n) is 5.85. The summed E-state index contributed by atoms with van der Waals surface area (Å²) >= 11 is 0. The van der Waals surface area contributed by atoms with Crippen molar-refractivity contribution >= 4 is 16.4 Å². The summed E-state index contributed by atoms with van der Waals surface area (Å²) in [4.78, 5) is 3.14. The molecule has 0 fully saturated rings. The van der Waals surface area contributed by atoms with Gasteiger partial charge in [-0.15, -0.1) is 0 Å². The first-order valence-electron chi connectivity index (χ1n) is 7.58. The zero-order valence-corrected chi connectivity index (χ0v) is 13.9. The van der Waals surface area contributed by atoms with E-state index in [2.05, 4.69) is 49.3 Å². The molecule has 1 atom stereocenters. The molecule has 0 spiro atoms. The lowest BCUT2D eigenvalue weighted by Crippen LogP contribution is -2.12. The van der Waals surface area contributed by atoms with Crippen LogP contribution in [0.3, 0.4) is 0 Å². The number of hydrogen-bond donors (Lipinski definition) is 0. The smallest absolute Gasteiger partial charge is 0.0580 e. The molecule has 0 unspecified atom stereocenters. The van der Waals surface area contributed by atoms with Gasteiger partial charge in [0.2, 0.25) is 0 Å². The predicted molar refractivity (Wildman–Crippen MR) is 93.2 cm³/mol. The summed E-state index contributed by atoms with van der Waals surface area (Å²) in [6.07, 6.45) is 3.28. The lowest BCUT2D eigenvalue weighted by atomic mass is 9.93. The van der Waals surface area contributed by atoms with Gasteiger partial charge in [-0.2, -0.15) is 0 Å². The summed E-state index contributed by atoms with van der Waals surface area (Å²) in [5.41, 5.74) is 4.73. The third kappa shape index (κ3) is 3.06. The van der Waals surface area contributed by atoms with E-state index in [1.54, 1.807) is 0 Å². The molecule has 0 N–H and O–H groups in total. The zero-order chi connectivity index (χ0) is 15.5. The monoisotopic (exact) mass is 311 g/mol. The van der Waals surface area contributed by atoms with E-state index in [-0.39, 0.29) is 0 Å². The van der Waals surface area contributed by atoms with E-state index in [0.717, 1.165) is 23.4 Å². The van der Waals surface area contributed by atoms with Crippen molar-refractivity contribution < 1.29 is 4.21 Å². The minimum Gasteiger partial charge on any atom is -0.309 e. The van der Waals surface area contributed by atoms with Gasteiger partial charge in [0.15, 0.2) is 0 Å². The van der Waals surface area contributed by atoms with Gasteiger partial charge in [-0.1, -0.05) is 48.5 Å². The average Bonchev–Trinajstić information content (AvgIpc) is 2.63. The van der Waals surface area contributed by atoms with Gasteiger partial charge in [0, 0.05) is 11.4 Å². The quantitative estimate of drug-likeness (QED) is 0.861. The molecular formula is C19H21NOS. The molecule has 22 heavy (non-hydrogen) atoms. The number of rotatable bonds is 3. The van der Waals surface area contributed by atoms with E-state index in [1.165, 1.54) is 16.7 Å². The van der Waals surface area contributed by atoms with Crippen LogP contribution in [0, 0.1) is 0 Å². The van der Waals surface area contributed by atoms with E-state index in [4.69, 9.17) is 0 Å². The summed E-state index contributed by atoms with van der Waals surface area (Å²) in [5, 5.41) is 0. The molecule has 3 heteroatoms. The summed E-state index contributed by atoms with van der Waals surface area (Å²) in [6, 6.07) is 16.4. The molecule has 1 aliphatic rings. The fourth-order valence-corrected chi connectivity index (χ4v) is 4.19. The third-order valence-corrected chi connectivity index (χ3v) is 5.36. The van der Waals surface area contributed by atoms with Crippen LogP contribution in [0.25, 0.3) is 5.57 Å². The van der Waals surface area contributed by atoms with Gasteiger partial charge < -0.3 is 4.90 Å². The Morgan fingerprint density at radius 3 is 2.50 bits per heavy atom. The summed E-state index contributed by atoms with van der Waals surface area (Å²) in [6.45, 7) is 1.01. The van der Waals surface area contributed by atoms with Crippen molar-refractivity contribution in [2.45, 2.75) is 17.1 Å². The van der Waals surface area contributed by atoms with Gasteiger partial charge in [-0.3, -0.25) is 4.21 Å². The van der Waals surface area contributed by atoms with Crippen LogP contribution >= 0.6 is 0 Å². The SMILES string of the molecule is CN(C)CC/C=C1\c2ccccc2C[S@@](=O)c2ccccc21. The van der Waals surface area contributed by atoms with Crippen molar-refractivity contribution in [3.8, 4) is 0 Å². The molecule has 2 aromatic carbocycles. The minimum absolute atomic E-state index is 0.595. The van der Waals surface area contributed by atoms with Crippen molar-refractivity contribution in [2.24, 2.45) is 0 Å². The Hall–Kier alpha value is -1.71. The lowest BCUT2D eigenvalue weighted by molar-refractivity contribution is 0.417. The average molecular weight is 311 g/mol. The number of hydrogen-bond acceptors (Lipinski definition) is 2. The third-order valence-electron chi connectivity index (χ3n) is 3.94. The van der Waals surface area contributed by atoms with Crippen LogP contribution in [0.2, 0.25) is 0 Å². The first-order chi connectivity index (χ1) is 10.7. The molecule has 2 aromatic rings. The fourth-order valence-electron chi connectivity index (χ4n) is 2.85. The van der Waals surface area contributed by atoms with E-state index in [9.17, 15) is 4.21 Å². The Morgan fingerprint density at radius 1 is 1.05 bits per heavy atom. The van der Waals surface area contributed by atoms with Crippen molar-refractivity contribution in [3.05, 3.63) is 71.3 Å². The van der Waals surface area contributed by atoms with E-state index >= 15 is 0 Å². The van der Waals surface area contributed by atoms with Gasteiger partial charge in [0.1, 0.15) is 0 Å². The van der Waals surface area contributed by atoms with Crippen LogP contribution < -0.4 is 0 Å². The highest BCUT2D eigenvalue weighted by Crippen LogP contribution is 2.35. The Kier molecular flexibility index (Phi) is 4.55. The van der Waals surface area contributed by atoms with Crippen LogP contribution in [-0.4, -0.2) is 29.7 Å². The summed E-state index contributed by atoms with van der Waals surface area (Å²) in [5.74, 6) is 0.595. The highest BCUT2D eigenvalue weighted by Gasteiger charge is 2.21. The molecule has 2 nitrogen and oxygen atoms in total. The first kappa shape index (κ1) is 15.2. The van der Waals surface area contributed by atoms with Gasteiger partial charge >= 0.3 is 0 Å². The van der Waals surface area contributed by atoms with Crippen LogP contribution in [-0.2, 0) is 16.6 Å². The Morgan fingerprint density at radius 2 is 1.73 bits per heavy atom. The largest absolute Gasteiger partial charge is 0.309 e. The molecule has 0 aromatic heterocycles. The number of benzene rings is 2. The first-order valence-corrected chi connectivity index (χ1v) is 8.89. The standard InChI is InChI=1S/C19H21NOS/c1-20(2)13-7-11-17-16-9-4-3-8-15(16)14-22(21)19-12-6-5-10-18(17)19/h3-6,8-12H,7,13-14H2,1-2H3/b17-11+/t22-/m1/s1. The zero-order valence-electron chi connectivity index (χ0n) is 13.1. The number of fused-ring (bicyclic) bond motifs is 2. The van der Waals surface area contributed by atoms with Crippen molar-refractivity contribution in [1.29, 1.82) is 0 Å². The van der Waals surface area contributed by atoms with Crippen LogP contribution in [0.4, 0.5) is 0 Å². The lowest BCUT2D eigenvalue weighted by Gasteiger charge is -2.12. The van der Waals surface area contributed by atoms with Crippen LogP contribution in [0.5, 0.6) is 0 Å². The molecule has 1 heterocycles. The molecule has 0 aliphatic carbocycles. The van der Waals surface area contributed by atoms with E-state index in [0.29, 0.717) is 5.75 Å². The molecule has 0 radical (unpaired) electrons. The predicted octanol–water partition coefficient (Wildman–Crippen LogP) is 3.69. The molecule has 3 rings (SSSR count). The topological polar surface area (TPSA) is 20.3 Å². The maximum atomic E-state index is 12.7. The summed E-state index contributed by atoms with van der Waals surface area (Å²) in [7, 11) is 3.19.